The first-order valence-corrected chi connectivity index (χ1v) is 12.7. The number of alkyl halides is 3. The van der Waals surface area contributed by atoms with E-state index >= 15 is 0 Å². The molecule has 0 spiro atoms. The maximum absolute atomic E-state index is 14.1. The van der Waals surface area contributed by atoms with Gasteiger partial charge in [0.05, 0.1) is 11.6 Å². The topological polar surface area (TPSA) is 54.9 Å². The molecule has 1 saturated heterocycles. The molecule has 0 aliphatic carbocycles. The van der Waals surface area contributed by atoms with Crippen LogP contribution in [-0.4, -0.2) is 55.2 Å². The Morgan fingerprint density at radius 1 is 1.05 bits per heavy atom. The third kappa shape index (κ3) is 5.49. The minimum atomic E-state index is -4.53. The fourth-order valence-electron chi connectivity index (χ4n) is 4.53. The summed E-state index contributed by atoms with van der Waals surface area (Å²) in [4.78, 5) is 20.7. The van der Waals surface area contributed by atoms with Crippen LogP contribution in [0.1, 0.15) is 18.9 Å². The molecule has 0 radical (unpaired) electrons. The molecule has 2 aromatic carbocycles. The average molecular weight is 530 g/mol. The second-order valence-electron chi connectivity index (χ2n) is 9.04. The lowest BCUT2D eigenvalue weighted by Crippen LogP contribution is -2.37. The summed E-state index contributed by atoms with van der Waals surface area (Å²) in [6, 6.07) is 13.1. The molecule has 1 fully saturated rings. The largest absolute Gasteiger partial charge is 0.486 e. The minimum absolute atomic E-state index is 0.00226. The lowest BCUT2D eigenvalue weighted by Gasteiger charge is -2.24. The first kappa shape index (κ1) is 25.3. The van der Waals surface area contributed by atoms with E-state index in [9.17, 15) is 18.0 Å². The van der Waals surface area contributed by atoms with E-state index in [4.69, 9.17) is 9.47 Å². The number of benzene rings is 2. The Bertz CT molecular complexity index is 1320. The zero-order valence-corrected chi connectivity index (χ0v) is 21.2. The van der Waals surface area contributed by atoms with Crippen molar-refractivity contribution in [3.8, 4) is 22.6 Å². The van der Waals surface area contributed by atoms with Gasteiger partial charge < -0.3 is 19.3 Å². The molecule has 1 aromatic heterocycles. The number of nitrogens with zero attached hydrogens (tertiary/aromatic N) is 3. The van der Waals surface area contributed by atoms with Crippen molar-refractivity contribution in [1.82, 2.24) is 9.88 Å². The third-order valence-corrected chi connectivity index (χ3v) is 7.70. The number of carbonyl (C=O) groups is 1. The quantitative estimate of drug-likeness (QED) is 0.420. The van der Waals surface area contributed by atoms with Gasteiger partial charge >= 0.3 is 6.18 Å². The minimum Gasteiger partial charge on any atom is -0.486 e. The molecule has 2 aliphatic rings. The van der Waals surface area contributed by atoms with Crippen LogP contribution in [0.3, 0.4) is 0 Å². The van der Waals surface area contributed by atoms with Crippen LogP contribution in [0, 0.1) is 0 Å². The van der Waals surface area contributed by atoms with Crippen LogP contribution < -0.4 is 14.4 Å². The fraction of sp³-hybridized carbons (Fsp3) is 0.333. The lowest BCUT2D eigenvalue weighted by molar-refractivity contribution is -0.139. The standard InChI is InChI=1S/C27H26F3N3O3S/c1-17(34)32(2)20-8-10-33(16-20)26-14-19(7-9-31-26)18-3-6-25(22(13-18)27(28,29)30)37-21-4-5-23-24(15-21)36-12-11-35-23/h3-7,9,13-15,20H,8,10-12,16H2,1-2H3/t20-/m1/s1. The summed E-state index contributed by atoms with van der Waals surface area (Å²) in [5.41, 5.74) is 0.404. The molecule has 37 heavy (non-hydrogen) atoms. The van der Waals surface area contributed by atoms with Gasteiger partial charge in [-0.1, -0.05) is 17.8 Å². The number of ether oxygens (including phenoxy) is 2. The molecule has 194 valence electrons. The molecule has 2 aliphatic heterocycles. The summed E-state index contributed by atoms with van der Waals surface area (Å²) in [6.45, 7) is 3.74. The first-order valence-electron chi connectivity index (χ1n) is 11.9. The van der Waals surface area contributed by atoms with Crippen LogP contribution in [0.4, 0.5) is 19.0 Å². The Kier molecular flexibility index (Phi) is 6.94. The molecule has 5 rings (SSSR count). The average Bonchev–Trinajstić information content (AvgIpc) is 3.38. The molecular formula is C27H26F3N3O3S. The normalized spacial score (nSPS) is 17.1. The molecule has 0 bridgehead atoms. The smallest absolute Gasteiger partial charge is 0.417 e. The highest BCUT2D eigenvalue weighted by atomic mass is 32.2. The van der Waals surface area contributed by atoms with Crippen LogP contribution in [0.2, 0.25) is 0 Å². The second-order valence-corrected chi connectivity index (χ2v) is 10.2. The van der Waals surface area contributed by atoms with E-state index in [0.29, 0.717) is 53.1 Å². The lowest BCUT2D eigenvalue weighted by atomic mass is 10.0. The van der Waals surface area contributed by atoms with Crippen molar-refractivity contribution in [3.63, 3.8) is 0 Å². The van der Waals surface area contributed by atoms with Crippen LogP contribution in [0.5, 0.6) is 11.5 Å². The van der Waals surface area contributed by atoms with Gasteiger partial charge in [-0.15, -0.1) is 0 Å². The molecule has 10 heteroatoms. The predicted molar refractivity (Wildman–Crippen MR) is 135 cm³/mol. The van der Waals surface area contributed by atoms with Crippen molar-refractivity contribution in [2.24, 2.45) is 0 Å². The first-order chi connectivity index (χ1) is 17.7. The number of rotatable bonds is 5. The molecule has 0 unspecified atom stereocenters. The van der Waals surface area contributed by atoms with Gasteiger partial charge in [-0.25, -0.2) is 4.98 Å². The summed E-state index contributed by atoms with van der Waals surface area (Å²) >= 11 is 1.04. The van der Waals surface area contributed by atoms with Gasteiger partial charge in [-0.2, -0.15) is 13.2 Å². The van der Waals surface area contributed by atoms with Gasteiger partial charge in [0.15, 0.2) is 11.5 Å². The molecule has 6 nitrogen and oxygen atoms in total. The molecule has 3 aromatic rings. The number of pyridine rings is 1. The van der Waals surface area contributed by atoms with E-state index in [1.807, 2.05) is 0 Å². The summed E-state index contributed by atoms with van der Waals surface area (Å²) in [5.74, 6) is 1.81. The van der Waals surface area contributed by atoms with Crippen molar-refractivity contribution in [2.75, 3.05) is 38.3 Å². The summed E-state index contributed by atoms with van der Waals surface area (Å²) < 4.78 is 53.4. The van der Waals surface area contributed by atoms with Gasteiger partial charge in [-0.05, 0) is 60.0 Å². The van der Waals surface area contributed by atoms with Crippen LogP contribution in [0.15, 0.2) is 64.5 Å². The molecule has 0 saturated carbocycles. The Labute approximate surface area is 217 Å². The predicted octanol–water partition coefficient (Wildman–Crippen LogP) is 5.75. The molecule has 3 heterocycles. The zero-order valence-electron chi connectivity index (χ0n) is 20.4. The summed E-state index contributed by atoms with van der Waals surface area (Å²) in [5, 5.41) is 0. The number of aromatic nitrogens is 1. The number of halogens is 3. The number of hydrogen-bond donors (Lipinski definition) is 0. The number of hydrogen-bond acceptors (Lipinski definition) is 6. The number of carbonyl (C=O) groups excluding carboxylic acids is 1. The molecule has 1 amide bonds. The number of anilines is 1. The van der Waals surface area contributed by atoms with E-state index < -0.39 is 11.7 Å². The maximum atomic E-state index is 14.1. The van der Waals surface area contributed by atoms with E-state index in [0.717, 1.165) is 24.7 Å². The molecular weight excluding hydrogens is 503 g/mol. The van der Waals surface area contributed by atoms with Crippen LogP contribution in [-0.2, 0) is 11.0 Å². The number of fused-ring (bicyclic) bond motifs is 1. The molecule has 1 atom stereocenters. The van der Waals surface area contributed by atoms with Crippen molar-refractivity contribution in [1.29, 1.82) is 0 Å². The third-order valence-electron chi connectivity index (χ3n) is 6.64. The zero-order chi connectivity index (χ0) is 26.2. The highest BCUT2D eigenvalue weighted by Gasteiger charge is 2.34. The van der Waals surface area contributed by atoms with E-state index in [-0.39, 0.29) is 16.8 Å². The summed E-state index contributed by atoms with van der Waals surface area (Å²) in [6.07, 6.45) is -2.11. The van der Waals surface area contributed by atoms with Gasteiger partial charge in [0, 0.05) is 43.0 Å². The SMILES string of the molecule is CC(=O)N(C)[C@@H]1CCN(c2cc(-c3ccc(Sc4ccc5c(c4)OCCO5)c(C(F)(F)F)c3)ccn2)C1. The highest BCUT2D eigenvalue weighted by molar-refractivity contribution is 7.99. The second kappa shape index (κ2) is 10.2. The van der Waals surface area contributed by atoms with Gasteiger partial charge in [0.25, 0.3) is 0 Å². The maximum Gasteiger partial charge on any atom is 0.417 e. The Morgan fingerprint density at radius 3 is 2.57 bits per heavy atom. The Morgan fingerprint density at radius 2 is 1.81 bits per heavy atom. The Hall–Kier alpha value is -3.40. The van der Waals surface area contributed by atoms with Crippen LogP contribution >= 0.6 is 11.8 Å². The van der Waals surface area contributed by atoms with Crippen molar-refractivity contribution < 1.29 is 27.4 Å². The van der Waals surface area contributed by atoms with Crippen molar-refractivity contribution in [3.05, 3.63) is 60.3 Å². The van der Waals surface area contributed by atoms with Gasteiger partial charge in [0.2, 0.25) is 5.91 Å². The number of likely N-dealkylation sites (N-methyl/N-ethyl adjacent to an activating group) is 1. The van der Waals surface area contributed by atoms with Crippen molar-refractivity contribution >= 4 is 23.5 Å². The molecule has 0 N–H and O–H groups in total. The van der Waals surface area contributed by atoms with E-state index in [1.54, 1.807) is 54.5 Å². The Balaban J connectivity index is 1.40. The fourth-order valence-corrected chi connectivity index (χ4v) is 5.50. The number of amides is 1. The van der Waals surface area contributed by atoms with Gasteiger partial charge in [0.1, 0.15) is 19.0 Å². The van der Waals surface area contributed by atoms with E-state index in [1.165, 1.54) is 19.1 Å². The highest BCUT2D eigenvalue weighted by Crippen LogP contribution is 2.43. The monoisotopic (exact) mass is 529 g/mol. The van der Waals surface area contributed by atoms with Crippen molar-refractivity contribution in [2.45, 2.75) is 35.4 Å². The summed E-state index contributed by atoms with van der Waals surface area (Å²) in [7, 11) is 1.78. The van der Waals surface area contributed by atoms with E-state index in [2.05, 4.69) is 9.88 Å². The van der Waals surface area contributed by atoms with Gasteiger partial charge in [-0.3, -0.25) is 4.79 Å². The van der Waals surface area contributed by atoms with Crippen LogP contribution in [0.25, 0.3) is 11.1 Å².